The number of ketones is 1. The van der Waals surface area contributed by atoms with Crippen LogP contribution in [0.2, 0.25) is 5.02 Å². The summed E-state index contributed by atoms with van der Waals surface area (Å²) in [4.78, 5) is 12.5. The van der Waals surface area contributed by atoms with Crippen molar-refractivity contribution in [2.24, 2.45) is 0 Å². The molecule has 1 atom stereocenters. The summed E-state index contributed by atoms with van der Waals surface area (Å²) < 4.78 is 18.9. The molecule has 2 rings (SSSR count). The van der Waals surface area contributed by atoms with Crippen LogP contribution in [0.15, 0.2) is 42.5 Å². The third-order valence-corrected chi connectivity index (χ3v) is 3.29. The summed E-state index contributed by atoms with van der Waals surface area (Å²) in [5.74, 6) is -2.37. The van der Waals surface area contributed by atoms with Gasteiger partial charge in [0.15, 0.2) is 5.78 Å². The van der Waals surface area contributed by atoms with Crippen LogP contribution < -0.4 is 4.74 Å². The maximum Gasteiger partial charge on any atom is 0.191 e. The molecule has 0 radical (unpaired) electrons. The van der Waals surface area contributed by atoms with Crippen LogP contribution in [0.25, 0.3) is 0 Å². The Morgan fingerprint density at radius 1 is 1.29 bits per heavy atom. The predicted octanol–water partition coefficient (Wildman–Crippen LogP) is 3.98. The summed E-state index contributed by atoms with van der Waals surface area (Å²) in [6.07, 6.45) is 0. The van der Waals surface area contributed by atoms with E-state index in [1.165, 1.54) is 19.2 Å². The van der Waals surface area contributed by atoms with Gasteiger partial charge in [0.25, 0.3) is 0 Å². The predicted molar refractivity (Wildman–Crippen MR) is 77.1 cm³/mol. The van der Waals surface area contributed by atoms with Gasteiger partial charge in [0.05, 0.1) is 18.7 Å². The van der Waals surface area contributed by atoms with Gasteiger partial charge in [0.2, 0.25) is 0 Å². The Morgan fingerprint density at radius 3 is 2.52 bits per heavy atom. The third-order valence-electron chi connectivity index (χ3n) is 3.04. The molecule has 0 saturated heterocycles. The quantitative estimate of drug-likeness (QED) is 0.803. The van der Waals surface area contributed by atoms with Gasteiger partial charge >= 0.3 is 0 Å². The second-order valence-corrected chi connectivity index (χ2v) is 4.73. The van der Waals surface area contributed by atoms with Crippen molar-refractivity contribution in [2.45, 2.75) is 5.92 Å². The molecule has 0 saturated carbocycles. The Labute approximate surface area is 126 Å². The highest BCUT2D eigenvalue weighted by atomic mass is 35.5. The third kappa shape index (κ3) is 3.04. The molecule has 0 aromatic heterocycles. The van der Waals surface area contributed by atoms with E-state index in [0.717, 1.165) is 6.07 Å². The van der Waals surface area contributed by atoms with Gasteiger partial charge in [-0.25, -0.2) is 4.39 Å². The lowest BCUT2D eigenvalue weighted by molar-refractivity contribution is 0.0971. The molecule has 0 spiro atoms. The summed E-state index contributed by atoms with van der Waals surface area (Å²) in [5, 5.41) is 9.76. The van der Waals surface area contributed by atoms with E-state index in [-0.39, 0.29) is 11.3 Å². The van der Waals surface area contributed by atoms with Crippen molar-refractivity contribution in [3.05, 3.63) is 64.4 Å². The summed E-state index contributed by atoms with van der Waals surface area (Å²) in [6.45, 7) is 0. The van der Waals surface area contributed by atoms with E-state index in [2.05, 4.69) is 0 Å². The van der Waals surface area contributed by atoms with Gasteiger partial charge in [-0.3, -0.25) is 4.79 Å². The van der Waals surface area contributed by atoms with Crippen molar-refractivity contribution in [1.82, 2.24) is 0 Å². The lowest BCUT2D eigenvalue weighted by atomic mass is 9.91. The van der Waals surface area contributed by atoms with Crippen molar-refractivity contribution in [2.75, 3.05) is 7.11 Å². The Hall–Kier alpha value is -2.38. The minimum atomic E-state index is -1.12. The first kappa shape index (κ1) is 15.0. The van der Waals surface area contributed by atoms with E-state index in [4.69, 9.17) is 16.3 Å². The number of benzene rings is 2. The highest BCUT2D eigenvalue weighted by Crippen LogP contribution is 2.29. The van der Waals surface area contributed by atoms with Crippen LogP contribution in [0.5, 0.6) is 5.75 Å². The first-order valence-electron chi connectivity index (χ1n) is 6.10. The molecular formula is C16H11ClFNO2. The normalized spacial score (nSPS) is 11.5. The molecular weight excluding hydrogens is 293 g/mol. The van der Waals surface area contributed by atoms with Crippen LogP contribution in [-0.2, 0) is 0 Å². The minimum Gasteiger partial charge on any atom is -0.496 e. The molecule has 2 aromatic carbocycles. The zero-order chi connectivity index (χ0) is 15.4. The van der Waals surface area contributed by atoms with Crippen LogP contribution in [0.4, 0.5) is 4.39 Å². The summed E-state index contributed by atoms with van der Waals surface area (Å²) in [5.41, 5.74) is 0.235. The smallest absolute Gasteiger partial charge is 0.191 e. The van der Waals surface area contributed by atoms with Crippen molar-refractivity contribution in [3.63, 3.8) is 0 Å². The molecule has 0 N–H and O–H groups in total. The first-order chi connectivity index (χ1) is 10.1. The number of halogens is 2. The van der Waals surface area contributed by atoms with Gasteiger partial charge < -0.3 is 4.74 Å². The van der Waals surface area contributed by atoms with Crippen molar-refractivity contribution < 1.29 is 13.9 Å². The van der Waals surface area contributed by atoms with E-state index >= 15 is 0 Å². The lowest BCUT2D eigenvalue weighted by Crippen LogP contribution is -2.14. The SMILES string of the molecule is COc1cccc(F)c1C(=O)C(C#N)c1ccc(Cl)cc1. The Bertz CT molecular complexity index is 707. The summed E-state index contributed by atoms with van der Waals surface area (Å²) >= 11 is 5.78. The van der Waals surface area contributed by atoms with Crippen LogP contribution >= 0.6 is 11.6 Å². The van der Waals surface area contributed by atoms with Crippen LogP contribution in [0, 0.1) is 17.1 Å². The van der Waals surface area contributed by atoms with Gasteiger partial charge in [-0.15, -0.1) is 0 Å². The van der Waals surface area contributed by atoms with Crippen molar-refractivity contribution in [1.29, 1.82) is 5.26 Å². The maximum absolute atomic E-state index is 13.9. The second-order valence-electron chi connectivity index (χ2n) is 4.30. The number of carbonyl (C=O) groups is 1. The van der Waals surface area contributed by atoms with Crippen LogP contribution in [-0.4, -0.2) is 12.9 Å². The Morgan fingerprint density at radius 2 is 1.95 bits per heavy atom. The zero-order valence-corrected chi connectivity index (χ0v) is 11.9. The zero-order valence-electron chi connectivity index (χ0n) is 11.1. The molecule has 5 heteroatoms. The Balaban J connectivity index is 2.47. The number of hydrogen-bond acceptors (Lipinski definition) is 3. The molecule has 2 aromatic rings. The fourth-order valence-electron chi connectivity index (χ4n) is 2.00. The number of nitrogens with zero attached hydrogens (tertiary/aromatic N) is 1. The van der Waals surface area contributed by atoms with Crippen molar-refractivity contribution >= 4 is 17.4 Å². The van der Waals surface area contributed by atoms with E-state index < -0.39 is 17.5 Å². The van der Waals surface area contributed by atoms with E-state index in [0.29, 0.717) is 10.6 Å². The molecule has 0 aliphatic carbocycles. The number of carbonyl (C=O) groups excluding carboxylic acids is 1. The standard InChI is InChI=1S/C16H11ClFNO2/c1-21-14-4-2-3-13(18)15(14)16(20)12(9-19)10-5-7-11(17)8-6-10/h2-8,12H,1H3. The summed E-state index contributed by atoms with van der Waals surface area (Å²) in [7, 11) is 1.34. The van der Waals surface area contributed by atoms with Gasteiger partial charge in [-0.1, -0.05) is 29.8 Å². The molecule has 3 nitrogen and oxygen atoms in total. The summed E-state index contributed by atoms with van der Waals surface area (Å²) in [6, 6.07) is 12.3. The van der Waals surface area contributed by atoms with Gasteiger partial charge in [-0.2, -0.15) is 5.26 Å². The van der Waals surface area contributed by atoms with Crippen molar-refractivity contribution in [3.8, 4) is 11.8 Å². The monoisotopic (exact) mass is 303 g/mol. The molecule has 106 valence electrons. The number of hydrogen-bond donors (Lipinski definition) is 0. The Kier molecular flexibility index (Phi) is 4.56. The molecule has 0 amide bonds. The number of methoxy groups -OCH3 is 1. The number of ether oxygens (including phenoxy) is 1. The molecule has 0 aliphatic heterocycles. The van der Waals surface area contributed by atoms with E-state index in [1.54, 1.807) is 24.3 Å². The topological polar surface area (TPSA) is 50.1 Å². The maximum atomic E-state index is 13.9. The molecule has 0 bridgehead atoms. The molecule has 21 heavy (non-hydrogen) atoms. The van der Waals surface area contributed by atoms with E-state index in [9.17, 15) is 14.4 Å². The highest BCUT2D eigenvalue weighted by molar-refractivity contribution is 6.30. The first-order valence-corrected chi connectivity index (χ1v) is 6.48. The van der Waals surface area contributed by atoms with Crippen LogP contribution in [0.1, 0.15) is 21.8 Å². The number of nitriles is 1. The molecule has 0 aliphatic rings. The second kappa shape index (κ2) is 6.38. The van der Waals surface area contributed by atoms with E-state index in [1.807, 2.05) is 6.07 Å². The fourth-order valence-corrected chi connectivity index (χ4v) is 2.12. The average Bonchev–Trinajstić information content (AvgIpc) is 2.49. The van der Waals surface area contributed by atoms with Gasteiger partial charge in [-0.05, 0) is 29.8 Å². The molecule has 0 fully saturated rings. The van der Waals surface area contributed by atoms with Crippen LogP contribution in [0.3, 0.4) is 0 Å². The molecule has 0 heterocycles. The van der Waals surface area contributed by atoms with Gasteiger partial charge in [0.1, 0.15) is 17.5 Å². The lowest BCUT2D eigenvalue weighted by Gasteiger charge is -2.12. The molecule has 1 unspecified atom stereocenters. The fraction of sp³-hybridized carbons (Fsp3) is 0.125. The number of Topliss-reactive ketones (excluding diaryl/α,β-unsaturated/α-hetero) is 1. The highest BCUT2D eigenvalue weighted by Gasteiger charge is 2.27. The average molecular weight is 304 g/mol. The van der Waals surface area contributed by atoms with Gasteiger partial charge in [0, 0.05) is 5.02 Å². The minimum absolute atomic E-state index is 0.106. The number of rotatable bonds is 4. The largest absolute Gasteiger partial charge is 0.496 e.